The monoisotopic (exact) mass is 304 g/mol. The molecule has 0 aliphatic heterocycles. The van der Waals surface area contributed by atoms with Crippen molar-refractivity contribution in [1.82, 2.24) is 0 Å². The molecule has 0 radical (unpaired) electrons. The Hall–Kier alpha value is -1.54. The first-order valence-corrected chi connectivity index (χ1v) is 7.97. The Morgan fingerprint density at radius 1 is 1.14 bits per heavy atom. The molecule has 0 bridgehead atoms. The van der Waals surface area contributed by atoms with Gasteiger partial charge in [0.1, 0.15) is 5.75 Å². The molecule has 124 valence electrons. The van der Waals surface area contributed by atoms with Crippen LogP contribution in [0.1, 0.15) is 64.5 Å². The predicted octanol–water partition coefficient (Wildman–Crippen LogP) is 5.50. The van der Waals surface area contributed by atoms with E-state index < -0.39 is 0 Å². The molecule has 0 spiro atoms. The van der Waals surface area contributed by atoms with Crippen molar-refractivity contribution in [2.75, 3.05) is 6.61 Å². The topological polar surface area (TPSA) is 40.5 Å². The van der Waals surface area contributed by atoms with E-state index in [1.807, 2.05) is 25.1 Å². The predicted molar refractivity (Wildman–Crippen MR) is 96.4 cm³/mol. The standard InChI is InChI=1S/C10H14O.C10H18O/c1-7(2)9-5-4-8(3)6-10(9)11;1-9(2)5-4-6-10(3)7-8-11/h4-7,11H,1-3H3;5,7,11H,4,6,8H2,1-3H3/b;10-7+. The van der Waals surface area contributed by atoms with E-state index in [-0.39, 0.29) is 6.61 Å². The fraction of sp³-hybridized carbons (Fsp3) is 0.500. The Bertz CT molecular complexity index is 492. The molecule has 0 heterocycles. The number of benzene rings is 1. The molecular weight excluding hydrogens is 272 g/mol. The lowest BCUT2D eigenvalue weighted by atomic mass is 10.0. The molecule has 0 fully saturated rings. The third-order valence-corrected chi connectivity index (χ3v) is 3.34. The maximum Gasteiger partial charge on any atom is 0.119 e. The smallest absolute Gasteiger partial charge is 0.119 e. The average Bonchev–Trinajstić information content (AvgIpc) is 2.38. The minimum absolute atomic E-state index is 0.167. The van der Waals surface area contributed by atoms with E-state index in [1.165, 1.54) is 11.1 Å². The molecule has 1 aromatic carbocycles. The molecule has 1 aromatic rings. The Balaban J connectivity index is 0.000000401. The van der Waals surface area contributed by atoms with Gasteiger partial charge in [0.25, 0.3) is 0 Å². The van der Waals surface area contributed by atoms with Crippen molar-refractivity contribution in [1.29, 1.82) is 0 Å². The maximum absolute atomic E-state index is 9.46. The van der Waals surface area contributed by atoms with E-state index in [0.29, 0.717) is 11.7 Å². The van der Waals surface area contributed by atoms with Crippen molar-refractivity contribution in [3.63, 3.8) is 0 Å². The second-order valence-electron chi connectivity index (χ2n) is 6.27. The Morgan fingerprint density at radius 2 is 1.77 bits per heavy atom. The maximum atomic E-state index is 9.46. The fourth-order valence-electron chi connectivity index (χ4n) is 1.99. The zero-order valence-electron chi connectivity index (χ0n) is 15.0. The minimum Gasteiger partial charge on any atom is -0.508 e. The first-order valence-electron chi connectivity index (χ1n) is 7.97. The molecule has 2 nitrogen and oxygen atoms in total. The van der Waals surface area contributed by atoms with Crippen LogP contribution in [0.4, 0.5) is 0 Å². The second-order valence-corrected chi connectivity index (χ2v) is 6.27. The molecule has 0 aliphatic rings. The van der Waals surface area contributed by atoms with Crippen LogP contribution in [0.25, 0.3) is 0 Å². The van der Waals surface area contributed by atoms with Crippen LogP contribution >= 0.6 is 0 Å². The van der Waals surface area contributed by atoms with Gasteiger partial charge < -0.3 is 10.2 Å². The van der Waals surface area contributed by atoms with Crippen molar-refractivity contribution in [3.8, 4) is 5.75 Å². The average molecular weight is 304 g/mol. The third-order valence-electron chi connectivity index (χ3n) is 3.34. The molecule has 1 rings (SSSR count). The number of phenols is 1. The third kappa shape index (κ3) is 9.41. The van der Waals surface area contributed by atoms with Crippen LogP contribution in [0.2, 0.25) is 0 Å². The molecule has 0 aliphatic carbocycles. The van der Waals surface area contributed by atoms with Gasteiger partial charge in [-0.2, -0.15) is 0 Å². The van der Waals surface area contributed by atoms with Crippen molar-refractivity contribution < 1.29 is 10.2 Å². The van der Waals surface area contributed by atoms with Crippen LogP contribution in [0, 0.1) is 6.92 Å². The van der Waals surface area contributed by atoms with Crippen LogP contribution in [0.3, 0.4) is 0 Å². The van der Waals surface area contributed by atoms with Crippen molar-refractivity contribution in [3.05, 3.63) is 52.6 Å². The van der Waals surface area contributed by atoms with Crippen LogP contribution < -0.4 is 0 Å². The second kappa shape index (κ2) is 11.1. The number of hydrogen-bond acceptors (Lipinski definition) is 2. The molecule has 0 amide bonds. The summed E-state index contributed by atoms with van der Waals surface area (Å²) in [6.45, 7) is 12.5. The highest BCUT2D eigenvalue weighted by Crippen LogP contribution is 2.25. The van der Waals surface area contributed by atoms with E-state index in [0.717, 1.165) is 24.0 Å². The van der Waals surface area contributed by atoms with Crippen molar-refractivity contribution in [2.45, 2.75) is 60.3 Å². The number of aliphatic hydroxyl groups is 1. The SMILES string of the molecule is CC(C)=CCC/C(C)=C/CO.Cc1ccc(C(C)C)c(O)c1. The summed E-state index contributed by atoms with van der Waals surface area (Å²) in [6, 6.07) is 5.81. The van der Waals surface area contributed by atoms with Gasteiger partial charge in [-0.25, -0.2) is 0 Å². The lowest BCUT2D eigenvalue weighted by Crippen LogP contribution is -1.87. The summed E-state index contributed by atoms with van der Waals surface area (Å²) in [6.07, 6.45) is 6.23. The van der Waals surface area contributed by atoms with Gasteiger partial charge in [-0.15, -0.1) is 0 Å². The van der Waals surface area contributed by atoms with Crippen molar-refractivity contribution >= 4 is 0 Å². The summed E-state index contributed by atoms with van der Waals surface area (Å²) in [5.74, 6) is 0.815. The molecule has 0 atom stereocenters. The highest BCUT2D eigenvalue weighted by molar-refractivity contribution is 5.37. The zero-order valence-corrected chi connectivity index (χ0v) is 15.0. The summed E-state index contributed by atoms with van der Waals surface area (Å²) >= 11 is 0. The largest absolute Gasteiger partial charge is 0.508 e. The summed E-state index contributed by atoms with van der Waals surface area (Å²) < 4.78 is 0. The summed E-state index contributed by atoms with van der Waals surface area (Å²) in [5, 5.41) is 18.0. The lowest BCUT2D eigenvalue weighted by Gasteiger charge is -2.07. The molecule has 0 saturated heterocycles. The van der Waals surface area contributed by atoms with Crippen molar-refractivity contribution in [2.24, 2.45) is 0 Å². The van der Waals surface area contributed by atoms with Gasteiger partial charge in [-0.3, -0.25) is 0 Å². The molecule has 0 saturated carbocycles. The van der Waals surface area contributed by atoms with E-state index in [1.54, 1.807) is 6.07 Å². The van der Waals surface area contributed by atoms with E-state index in [4.69, 9.17) is 5.11 Å². The number of aryl methyl sites for hydroxylation is 1. The number of allylic oxidation sites excluding steroid dienone is 3. The summed E-state index contributed by atoms with van der Waals surface area (Å²) in [5.41, 5.74) is 4.76. The van der Waals surface area contributed by atoms with Gasteiger partial charge in [0, 0.05) is 0 Å². The van der Waals surface area contributed by atoms with Gasteiger partial charge in [-0.1, -0.05) is 49.3 Å². The number of aliphatic hydroxyl groups excluding tert-OH is 1. The molecule has 0 unspecified atom stereocenters. The van der Waals surface area contributed by atoms with Gasteiger partial charge in [0.05, 0.1) is 6.61 Å². The number of hydrogen-bond donors (Lipinski definition) is 2. The fourth-order valence-corrected chi connectivity index (χ4v) is 1.99. The lowest BCUT2D eigenvalue weighted by molar-refractivity contribution is 0.341. The van der Waals surface area contributed by atoms with Crippen LogP contribution in [-0.2, 0) is 0 Å². The highest BCUT2D eigenvalue weighted by atomic mass is 16.3. The van der Waals surface area contributed by atoms with E-state index >= 15 is 0 Å². The first-order chi connectivity index (χ1) is 10.3. The van der Waals surface area contributed by atoms with Gasteiger partial charge >= 0.3 is 0 Å². The number of rotatable bonds is 5. The van der Waals surface area contributed by atoms with Gasteiger partial charge in [-0.05, 0) is 63.6 Å². The summed E-state index contributed by atoms with van der Waals surface area (Å²) in [7, 11) is 0. The molecular formula is C20H32O2. The highest BCUT2D eigenvalue weighted by Gasteiger charge is 2.03. The summed E-state index contributed by atoms with van der Waals surface area (Å²) in [4.78, 5) is 0. The quantitative estimate of drug-likeness (QED) is 0.706. The Morgan fingerprint density at radius 3 is 2.23 bits per heavy atom. The van der Waals surface area contributed by atoms with Gasteiger partial charge in [0.2, 0.25) is 0 Å². The van der Waals surface area contributed by atoms with E-state index in [9.17, 15) is 5.11 Å². The molecule has 2 heteroatoms. The zero-order chi connectivity index (χ0) is 17.1. The van der Waals surface area contributed by atoms with Crippen LogP contribution in [0.15, 0.2) is 41.5 Å². The Labute approximate surface area is 136 Å². The van der Waals surface area contributed by atoms with Crippen LogP contribution in [-0.4, -0.2) is 16.8 Å². The van der Waals surface area contributed by atoms with E-state index in [2.05, 4.69) is 40.7 Å². The minimum atomic E-state index is 0.167. The number of phenolic OH excluding ortho intramolecular Hbond substituents is 1. The van der Waals surface area contributed by atoms with Crippen LogP contribution in [0.5, 0.6) is 5.75 Å². The molecule has 0 aromatic heterocycles. The Kier molecular flexibility index (Phi) is 10.3. The molecule has 2 N–H and O–H groups in total. The number of aromatic hydroxyl groups is 1. The molecule has 22 heavy (non-hydrogen) atoms. The normalized spacial score (nSPS) is 11.0. The first kappa shape index (κ1) is 20.5. The van der Waals surface area contributed by atoms with Gasteiger partial charge in [0.15, 0.2) is 0 Å².